The third-order valence-corrected chi connectivity index (χ3v) is 10.7. The first kappa shape index (κ1) is 28.5. The number of hydrogen-bond acceptors (Lipinski definition) is 4. The van der Waals surface area contributed by atoms with E-state index in [4.69, 9.17) is 0 Å². The van der Waals surface area contributed by atoms with Gasteiger partial charge in [-0.2, -0.15) is 0 Å². The molecule has 0 unspecified atom stereocenters. The van der Waals surface area contributed by atoms with E-state index in [0.29, 0.717) is 0 Å². The van der Waals surface area contributed by atoms with E-state index in [-0.39, 0.29) is 0 Å². The van der Waals surface area contributed by atoms with E-state index in [2.05, 4.69) is 156 Å². The van der Waals surface area contributed by atoms with Gasteiger partial charge in [-0.1, -0.05) is 127 Å². The molecule has 0 atom stereocenters. The fourth-order valence-electron chi connectivity index (χ4n) is 6.94. The van der Waals surface area contributed by atoms with E-state index in [1.54, 1.807) is 22.7 Å². The van der Waals surface area contributed by atoms with Gasteiger partial charge in [-0.25, -0.2) is 0 Å². The van der Waals surface area contributed by atoms with Gasteiger partial charge in [0.1, 0.15) is 0 Å². The zero-order valence-electron chi connectivity index (χ0n) is 25.9. The second-order valence-corrected chi connectivity index (χ2v) is 13.6. The fourth-order valence-corrected chi connectivity index (χ4v) is 8.18. The van der Waals surface area contributed by atoms with E-state index in [1.165, 1.54) is 86.9 Å². The standard InChI is InChI=1S/C44H28N2S2/c1-2-10-29(11-3-1)35-16-4-5-17-36(35)30-20-21-39-40(24-30)44(34-15-9-13-32(23-34)42-26-46-28-48-42)38-19-7-6-18-37(38)43(39)33-14-8-12-31(22-33)41-25-45-27-47-41/h1-28H. The Hall–Kier alpha value is -5.68. The Balaban J connectivity index is 1.36. The lowest BCUT2D eigenvalue weighted by Crippen LogP contribution is -1.93. The first-order chi connectivity index (χ1) is 23.8. The summed E-state index contributed by atoms with van der Waals surface area (Å²) in [4.78, 5) is 11.1. The Labute approximate surface area is 287 Å². The molecule has 0 N–H and O–H groups in total. The number of benzene rings is 7. The lowest BCUT2D eigenvalue weighted by atomic mass is 9.83. The molecule has 9 rings (SSSR count). The molecule has 0 radical (unpaired) electrons. The van der Waals surface area contributed by atoms with E-state index in [1.807, 2.05) is 23.4 Å². The molecule has 0 fully saturated rings. The molecule has 0 bridgehead atoms. The molecule has 2 nitrogen and oxygen atoms in total. The minimum absolute atomic E-state index is 1.17. The molecule has 2 heterocycles. The zero-order valence-corrected chi connectivity index (χ0v) is 27.5. The Morgan fingerprint density at radius 3 is 1.40 bits per heavy atom. The maximum Gasteiger partial charge on any atom is 0.0797 e. The van der Waals surface area contributed by atoms with Crippen molar-refractivity contribution in [3.05, 3.63) is 169 Å². The summed E-state index contributed by atoms with van der Waals surface area (Å²) in [5.74, 6) is 0. The molecule has 0 aliphatic rings. The number of rotatable bonds is 6. The smallest absolute Gasteiger partial charge is 0.0797 e. The highest BCUT2D eigenvalue weighted by Gasteiger charge is 2.19. The van der Waals surface area contributed by atoms with Crippen LogP contribution >= 0.6 is 22.7 Å². The molecule has 0 saturated heterocycles. The normalized spacial score (nSPS) is 11.3. The monoisotopic (exact) mass is 648 g/mol. The largest absolute Gasteiger partial charge is 0.252 e. The predicted molar refractivity (Wildman–Crippen MR) is 205 cm³/mol. The van der Waals surface area contributed by atoms with Crippen LogP contribution < -0.4 is 0 Å². The summed E-state index contributed by atoms with van der Waals surface area (Å²) in [6.07, 6.45) is 3.91. The Morgan fingerprint density at radius 1 is 0.333 bits per heavy atom. The van der Waals surface area contributed by atoms with Crippen molar-refractivity contribution in [3.63, 3.8) is 0 Å². The van der Waals surface area contributed by atoms with Gasteiger partial charge in [0.05, 0.1) is 20.8 Å². The van der Waals surface area contributed by atoms with Crippen LogP contribution in [0.1, 0.15) is 0 Å². The van der Waals surface area contributed by atoms with Crippen molar-refractivity contribution in [1.29, 1.82) is 0 Å². The molecule has 4 heteroatoms. The molecule has 0 aliphatic heterocycles. The van der Waals surface area contributed by atoms with Gasteiger partial charge in [0.2, 0.25) is 0 Å². The van der Waals surface area contributed by atoms with Gasteiger partial charge in [-0.3, -0.25) is 9.97 Å². The minimum atomic E-state index is 1.17. The maximum absolute atomic E-state index is 4.37. The van der Waals surface area contributed by atoms with E-state index in [9.17, 15) is 0 Å². The number of thiazole rings is 2. The third-order valence-electron chi connectivity index (χ3n) is 9.08. The van der Waals surface area contributed by atoms with Crippen molar-refractivity contribution in [2.75, 3.05) is 0 Å². The summed E-state index contributed by atoms with van der Waals surface area (Å²) in [7, 11) is 0. The number of fused-ring (bicyclic) bond motifs is 2. The van der Waals surface area contributed by atoms with Crippen LogP contribution in [0.5, 0.6) is 0 Å². The van der Waals surface area contributed by atoms with Crippen LogP contribution in [0.15, 0.2) is 169 Å². The van der Waals surface area contributed by atoms with Crippen molar-refractivity contribution in [1.82, 2.24) is 9.97 Å². The Bertz CT molecular complexity index is 2550. The second kappa shape index (κ2) is 12.2. The van der Waals surface area contributed by atoms with Crippen molar-refractivity contribution in [2.45, 2.75) is 0 Å². The van der Waals surface area contributed by atoms with Crippen molar-refractivity contribution in [2.24, 2.45) is 0 Å². The van der Waals surface area contributed by atoms with Crippen LogP contribution in [0.25, 0.3) is 86.9 Å². The van der Waals surface area contributed by atoms with E-state index < -0.39 is 0 Å². The highest BCUT2D eigenvalue weighted by Crippen LogP contribution is 2.46. The molecule has 0 amide bonds. The number of hydrogen-bond donors (Lipinski definition) is 0. The second-order valence-electron chi connectivity index (χ2n) is 11.9. The Kier molecular flexibility index (Phi) is 7.23. The van der Waals surface area contributed by atoms with Gasteiger partial charge < -0.3 is 0 Å². The minimum Gasteiger partial charge on any atom is -0.252 e. The average Bonchev–Trinajstić information content (AvgIpc) is 3.90. The van der Waals surface area contributed by atoms with Crippen LogP contribution in [0, 0.1) is 0 Å². The zero-order chi connectivity index (χ0) is 31.9. The van der Waals surface area contributed by atoms with Crippen LogP contribution in [0.4, 0.5) is 0 Å². The molecule has 48 heavy (non-hydrogen) atoms. The molecular formula is C44H28N2S2. The first-order valence-electron chi connectivity index (χ1n) is 15.9. The average molecular weight is 649 g/mol. The predicted octanol–water partition coefficient (Wildman–Crippen LogP) is 12.9. The fraction of sp³-hybridized carbons (Fsp3) is 0. The number of nitrogens with zero attached hydrogens (tertiary/aromatic N) is 2. The quantitative estimate of drug-likeness (QED) is 0.168. The summed E-state index contributed by atoms with van der Waals surface area (Å²) in [6, 6.07) is 53.2. The summed E-state index contributed by atoms with van der Waals surface area (Å²) in [5, 5.41) is 4.93. The summed E-state index contributed by atoms with van der Waals surface area (Å²) in [5.41, 5.74) is 15.9. The topological polar surface area (TPSA) is 25.8 Å². The molecule has 9 aromatic rings. The Morgan fingerprint density at radius 2 is 0.812 bits per heavy atom. The van der Waals surface area contributed by atoms with Crippen LogP contribution in [-0.2, 0) is 0 Å². The number of aromatic nitrogens is 2. The van der Waals surface area contributed by atoms with Gasteiger partial charge in [-0.05, 0) is 95.4 Å². The molecule has 7 aromatic carbocycles. The maximum atomic E-state index is 4.37. The van der Waals surface area contributed by atoms with E-state index in [0.717, 1.165) is 0 Å². The lowest BCUT2D eigenvalue weighted by molar-refractivity contribution is 1.42. The van der Waals surface area contributed by atoms with E-state index >= 15 is 0 Å². The summed E-state index contributed by atoms with van der Waals surface area (Å²) < 4.78 is 0. The van der Waals surface area contributed by atoms with Crippen molar-refractivity contribution < 1.29 is 0 Å². The lowest BCUT2D eigenvalue weighted by Gasteiger charge is -2.20. The van der Waals surface area contributed by atoms with Crippen molar-refractivity contribution >= 4 is 44.2 Å². The third kappa shape index (κ3) is 5.03. The molecule has 0 spiro atoms. The highest BCUT2D eigenvalue weighted by molar-refractivity contribution is 7.13. The molecule has 2 aromatic heterocycles. The van der Waals surface area contributed by atoms with Gasteiger partial charge in [-0.15, -0.1) is 22.7 Å². The highest BCUT2D eigenvalue weighted by atomic mass is 32.1. The molecule has 226 valence electrons. The molecule has 0 aliphatic carbocycles. The van der Waals surface area contributed by atoms with Gasteiger partial charge >= 0.3 is 0 Å². The van der Waals surface area contributed by atoms with Crippen LogP contribution in [-0.4, -0.2) is 9.97 Å². The SMILES string of the molecule is c1ccc(-c2ccccc2-c2ccc3c(-c4cccc(-c5cncs5)c4)c4ccccc4c(-c4cccc(-c5cncs5)c4)c3c2)cc1. The van der Waals surface area contributed by atoms with Gasteiger partial charge in [0, 0.05) is 12.4 Å². The molecule has 0 saturated carbocycles. The molecular weight excluding hydrogens is 621 g/mol. The van der Waals surface area contributed by atoms with Gasteiger partial charge in [0.15, 0.2) is 0 Å². The van der Waals surface area contributed by atoms with Gasteiger partial charge in [0.25, 0.3) is 0 Å². The summed E-state index contributed by atoms with van der Waals surface area (Å²) in [6.45, 7) is 0. The van der Waals surface area contributed by atoms with Crippen LogP contribution in [0.2, 0.25) is 0 Å². The summed E-state index contributed by atoms with van der Waals surface area (Å²) >= 11 is 3.34. The van der Waals surface area contributed by atoms with Crippen LogP contribution in [0.3, 0.4) is 0 Å². The van der Waals surface area contributed by atoms with Crippen molar-refractivity contribution in [3.8, 4) is 65.4 Å². The first-order valence-corrected chi connectivity index (χ1v) is 17.7.